The molecule has 1 heterocycles. The zero-order chi connectivity index (χ0) is 13.9. The van der Waals surface area contributed by atoms with Crippen LogP contribution in [0.2, 0.25) is 0 Å². The fraction of sp³-hybridized carbons (Fsp3) is 0.778. The average molecular weight is 297 g/mol. The predicted octanol–water partition coefficient (Wildman–Crippen LogP) is -0.273. The molecule has 2 atom stereocenters. The molecule has 1 saturated heterocycles. The van der Waals surface area contributed by atoms with Gasteiger partial charge in [0.05, 0.1) is 12.0 Å². The van der Waals surface area contributed by atoms with Gasteiger partial charge in [0.25, 0.3) is 0 Å². The van der Waals surface area contributed by atoms with Crippen molar-refractivity contribution in [3.05, 3.63) is 0 Å². The van der Waals surface area contributed by atoms with Crippen molar-refractivity contribution in [1.29, 1.82) is 0 Å². The van der Waals surface area contributed by atoms with E-state index in [1.54, 1.807) is 13.8 Å². The zero-order valence-electron chi connectivity index (χ0n) is 10.0. The molecule has 0 bridgehead atoms. The summed E-state index contributed by atoms with van der Waals surface area (Å²) in [5.74, 6) is -2.72. The van der Waals surface area contributed by atoms with Crippen molar-refractivity contribution in [1.82, 2.24) is 4.31 Å². The molecular weight excluding hydrogens is 282 g/mol. The highest BCUT2D eigenvalue weighted by Crippen LogP contribution is 2.31. The van der Waals surface area contributed by atoms with Crippen molar-refractivity contribution in [2.45, 2.75) is 25.3 Å². The van der Waals surface area contributed by atoms with Crippen molar-refractivity contribution >= 4 is 33.7 Å². The van der Waals surface area contributed by atoms with E-state index in [9.17, 15) is 18.0 Å². The summed E-state index contributed by atoms with van der Waals surface area (Å²) >= 11 is 1.22. The molecule has 2 unspecified atom stereocenters. The molecule has 0 aliphatic carbocycles. The molecular formula is C9H15NO6S2. The number of sulfonamides is 1. The van der Waals surface area contributed by atoms with Crippen molar-refractivity contribution < 1.29 is 27.9 Å². The smallest absolute Gasteiger partial charge is 0.322 e. The number of aliphatic carboxylic acids is 1. The van der Waals surface area contributed by atoms with Crippen LogP contribution in [0.4, 0.5) is 0 Å². The standard InChI is InChI=1S/C9H15NO6S2/c1-3-16-8(11)5-18(14,15)10-6(2)17-4-7(10)9(12)13/h6-7H,3-5H2,1-2H3,(H,12,13). The van der Waals surface area contributed by atoms with Crippen molar-refractivity contribution in [3.63, 3.8) is 0 Å². The number of carboxylic acids is 1. The Labute approximate surface area is 110 Å². The lowest BCUT2D eigenvalue weighted by molar-refractivity contribution is -0.142. The number of carboxylic acid groups (broad SMARTS) is 1. The Morgan fingerprint density at radius 1 is 1.50 bits per heavy atom. The molecule has 18 heavy (non-hydrogen) atoms. The molecule has 0 spiro atoms. The normalized spacial score (nSPS) is 25.0. The number of thioether (sulfide) groups is 1. The van der Waals surface area contributed by atoms with E-state index >= 15 is 0 Å². The third-order valence-electron chi connectivity index (χ3n) is 2.37. The minimum atomic E-state index is -3.97. The van der Waals surface area contributed by atoms with Crippen LogP contribution in [0.25, 0.3) is 0 Å². The number of hydrogen-bond donors (Lipinski definition) is 1. The van der Waals surface area contributed by atoms with Gasteiger partial charge in [-0.2, -0.15) is 4.31 Å². The summed E-state index contributed by atoms with van der Waals surface area (Å²) in [6.45, 7) is 3.25. The van der Waals surface area contributed by atoms with Crippen molar-refractivity contribution in [3.8, 4) is 0 Å². The highest BCUT2D eigenvalue weighted by atomic mass is 32.2. The van der Waals surface area contributed by atoms with E-state index in [1.165, 1.54) is 11.8 Å². The Morgan fingerprint density at radius 2 is 2.11 bits per heavy atom. The van der Waals surface area contributed by atoms with Gasteiger partial charge in [-0.25, -0.2) is 8.42 Å². The third-order valence-corrected chi connectivity index (χ3v) is 5.54. The van der Waals surface area contributed by atoms with Crippen LogP contribution in [0.5, 0.6) is 0 Å². The Hall–Kier alpha value is -0.800. The fourth-order valence-corrected chi connectivity index (χ4v) is 4.92. The van der Waals surface area contributed by atoms with E-state index in [0.29, 0.717) is 0 Å². The van der Waals surface area contributed by atoms with Crippen LogP contribution >= 0.6 is 11.8 Å². The Bertz CT molecular complexity index is 434. The molecule has 0 aromatic rings. The lowest BCUT2D eigenvalue weighted by Gasteiger charge is -2.23. The van der Waals surface area contributed by atoms with Crippen LogP contribution in [-0.2, 0) is 24.3 Å². The highest BCUT2D eigenvalue weighted by molar-refractivity contribution is 8.01. The van der Waals surface area contributed by atoms with Crippen molar-refractivity contribution in [2.24, 2.45) is 0 Å². The number of hydrogen-bond acceptors (Lipinski definition) is 6. The largest absolute Gasteiger partial charge is 0.480 e. The van der Waals surface area contributed by atoms with Gasteiger partial charge >= 0.3 is 11.9 Å². The zero-order valence-corrected chi connectivity index (χ0v) is 11.7. The van der Waals surface area contributed by atoms with Gasteiger partial charge in [-0.1, -0.05) is 0 Å². The number of esters is 1. The number of ether oxygens (including phenoxy) is 1. The fourth-order valence-electron chi connectivity index (χ4n) is 1.66. The van der Waals surface area contributed by atoms with Gasteiger partial charge in [0.1, 0.15) is 6.04 Å². The molecule has 1 fully saturated rings. The van der Waals surface area contributed by atoms with Crippen LogP contribution in [0, 0.1) is 0 Å². The summed E-state index contributed by atoms with van der Waals surface area (Å²) in [4.78, 5) is 22.2. The Balaban J connectivity index is 2.88. The number of nitrogens with zero attached hydrogens (tertiary/aromatic N) is 1. The molecule has 104 valence electrons. The second-order valence-corrected chi connectivity index (χ2v) is 6.90. The van der Waals surface area contributed by atoms with E-state index in [1.807, 2.05) is 0 Å². The van der Waals surface area contributed by atoms with E-state index < -0.39 is 39.1 Å². The third kappa shape index (κ3) is 3.36. The van der Waals surface area contributed by atoms with Gasteiger partial charge in [0, 0.05) is 5.75 Å². The summed E-state index contributed by atoms with van der Waals surface area (Å²) in [5, 5.41) is 8.47. The van der Waals surface area contributed by atoms with E-state index in [-0.39, 0.29) is 12.4 Å². The first-order chi connectivity index (χ1) is 8.29. The summed E-state index contributed by atoms with van der Waals surface area (Å²) in [6.07, 6.45) is 0. The van der Waals surface area contributed by atoms with Crippen LogP contribution in [0.3, 0.4) is 0 Å². The molecule has 0 aromatic heterocycles. The quantitative estimate of drug-likeness (QED) is 0.697. The Morgan fingerprint density at radius 3 is 2.61 bits per heavy atom. The van der Waals surface area contributed by atoms with Gasteiger partial charge in [0.2, 0.25) is 10.0 Å². The molecule has 0 amide bonds. The SMILES string of the molecule is CCOC(=O)CS(=O)(=O)N1C(C)SCC1C(=O)O. The summed E-state index contributed by atoms with van der Waals surface area (Å²) in [7, 11) is -3.97. The lowest BCUT2D eigenvalue weighted by atomic mass is 10.3. The number of carbonyl (C=O) groups excluding carboxylic acids is 1. The molecule has 1 aliphatic rings. The first-order valence-electron chi connectivity index (χ1n) is 5.30. The average Bonchev–Trinajstić information content (AvgIpc) is 2.60. The number of carbonyl (C=O) groups is 2. The van der Waals surface area contributed by atoms with Crippen LogP contribution < -0.4 is 0 Å². The van der Waals surface area contributed by atoms with Crippen LogP contribution in [0.1, 0.15) is 13.8 Å². The maximum atomic E-state index is 12.0. The minimum absolute atomic E-state index is 0.0843. The maximum Gasteiger partial charge on any atom is 0.322 e. The molecule has 0 radical (unpaired) electrons. The summed E-state index contributed by atoms with van der Waals surface area (Å²) < 4.78 is 29.4. The lowest BCUT2D eigenvalue weighted by Crippen LogP contribution is -2.46. The van der Waals surface area contributed by atoms with E-state index in [0.717, 1.165) is 4.31 Å². The molecule has 0 saturated carbocycles. The van der Waals surface area contributed by atoms with Crippen LogP contribution in [0.15, 0.2) is 0 Å². The molecule has 1 rings (SSSR count). The highest BCUT2D eigenvalue weighted by Gasteiger charge is 2.44. The first-order valence-corrected chi connectivity index (χ1v) is 7.96. The van der Waals surface area contributed by atoms with E-state index in [2.05, 4.69) is 4.74 Å². The summed E-state index contributed by atoms with van der Waals surface area (Å²) in [6, 6.07) is -1.12. The van der Waals surface area contributed by atoms with Gasteiger partial charge in [-0.3, -0.25) is 9.59 Å². The summed E-state index contributed by atoms with van der Waals surface area (Å²) in [5.41, 5.74) is 0. The van der Waals surface area contributed by atoms with Gasteiger partial charge < -0.3 is 9.84 Å². The minimum Gasteiger partial charge on any atom is -0.480 e. The second-order valence-electron chi connectivity index (χ2n) is 3.68. The van der Waals surface area contributed by atoms with Gasteiger partial charge in [-0.05, 0) is 13.8 Å². The van der Waals surface area contributed by atoms with Gasteiger partial charge in [0.15, 0.2) is 5.75 Å². The molecule has 9 heteroatoms. The van der Waals surface area contributed by atoms with E-state index in [4.69, 9.17) is 5.11 Å². The first kappa shape index (κ1) is 15.3. The Kier molecular flexibility index (Phi) is 5.00. The second kappa shape index (κ2) is 5.89. The topological polar surface area (TPSA) is 101 Å². The predicted molar refractivity (Wildman–Crippen MR) is 65.6 cm³/mol. The van der Waals surface area contributed by atoms with Crippen molar-refractivity contribution in [2.75, 3.05) is 18.1 Å². The molecule has 7 nitrogen and oxygen atoms in total. The molecule has 0 aromatic carbocycles. The maximum absolute atomic E-state index is 12.0. The van der Waals surface area contributed by atoms with Crippen LogP contribution in [-0.4, -0.2) is 59.3 Å². The molecule has 1 N–H and O–H groups in total. The molecule has 1 aliphatic heterocycles. The number of rotatable bonds is 5. The monoisotopic (exact) mass is 297 g/mol. The van der Waals surface area contributed by atoms with Gasteiger partial charge in [-0.15, -0.1) is 11.8 Å².